The average molecular weight is 528 g/mol. The maximum Gasteiger partial charge on any atom is 0.304 e. The molecule has 0 heterocycles. The molecule has 0 saturated carbocycles. The molecular weight excluding hydrogens is 482 g/mol. The van der Waals surface area contributed by atoms with Gasteiger partial charge >= 0.3 is 5.97 Å². The second-order valence-corrected chi connectivity index (χ2v) is 10.8. The van der Waals surface area contributed by atoms with Gasteiger partial charge in [0.1, 0.15) is 0 Å². The molecule has 0 aliphatic heterocycles. The van der Waals surface area contributed by atoms with Crippen molar-refractivity contribution >= 4 is 5.97 Å². The van der Waals surface area contributed by atoms with E-state index in [1.165, 1.54) is 11.1 Å². The summed E-state index contributed by atoms with van der Waals surface area (Å²) in [6.07, 6.45) is 4.93. The summed E-state index contributed by atoms with van der Waals surface area (Å²) in [5.41, 5.74) is 3.06. The van der Waals surface area contributed by atoms with Gasteiger partial charge in [-0.15, -0.1) is 0 Å². The zero-order valence-electron chi connectivity index (χ0n) is 24.1. The summed E-state index contributed by atoms with van der Waals surface area (Å²) in [7, 11) is 8.75. The van der Waals surface area contributed by atoms with E-state index in [1.54, 1.807) is 28.4 Å². The van der Waals surface area contributed by atoms with Crippen molar-refractivity contribution in [1.29, 1.82) is 0 Å². The molecule has 2 aromatic rings. The molecule has 0 fully saturated rings. The molecular formula is C31H45NO6. The highest BCUT2D eigenvalue weighted by Crippen LogP contribution is 2.52. The van der Waals surface area contributed by atoms with Crippen LogP contribution in [0.25, 0.3) is 0 Å². The summed E-state index contributed by atoms with van der Waals surface area (Å²) >= 11 is 0. The number of hydrogen-bond donors (Lipinski definition) is 1. The van der Waals surface area contributed by atoms with Gasteiger partial charge in [0.25, 0.3) is 0 Å². The van der Waals surface area contributed by atoms with Crippen molar-refractivity contribution in [1.82, 2.24) is 4.90 Å². The Morgan fingerprint density at radius 1 is 0.974 bits per heavy atom. The van der Waals surface area contributed by atoms with E-state index in [1.807, 2.05) is 24.3 Å². The number of fused-ring (bicyclic) bond motifs is 1. The van der Waals surface area contributed by atoms with Crippen LogP contribution in [-0.2, 0) is 23.1 Å². The smallest absolute Gasteiger partial charge is 0.304 e. The molecule has 38 heavy (non-hydrogen) atoms. The number of nitrogens with zero attached hydrogens (tertiary/aromatic N) is 1. The van der Waals surface area contributed by atoms with Gasteiger partial charge in [0.15, 0.2) is 23.0 Å². The summed E-state index contributed by atoms with van der Waals surface area (Å²) in [5, 5.41) is 10.0. The predicted molar refractivity (Wildman–Crippen MR) is 150 cm³/mol. The first-order valence-corrected chi connectivity index (χ1v) is 13.6. The largest absolute Gasteiger partial charge is 0.493 e. The SMILES string of the molecule is COc1ccc(CCCN(C)CCC2CCc3cc(OC)c(OC)cc3C2(CC(=O)O)C(C)C)cc1OC. The molecule has 210 valence electrons. The topological polar surface area (TPSA) is 77.5 Å². The van der Waals surface area contributed by atoms with Crippen LogP contribution in [0.15, 0.2) is 30.3 Å². The van der Waals surface area contributed by atoms with Gasteiger partial charge in [0.05, 0.1) is 34.9 Å². The van der Waals surface area contributed by atoms with Gasteiger partial charge in [-0.25, -0.2) is 0 Å². The molecule has 1 aliphatic rings. The Morgan fingerprint density at radius 3 is 2.21 bits per heavy atom. The highest BCUT2D eigenvalue weighted by atomic mass is 16.5. The number of aliphatic carboxylic acids is 1. The number of benzene rings is 2. The standard InChI is InChI=1S/C31H45NO6/c1-21(2)31(20-30(33)34)24(12-11-23-18-28(37-6)29(38-7)19-25(23)31)14-16-32(3)15-8-9-22-10-13-26(35-4)27(17-22)36-5/h10,13,17-19,21,24H,8-9,11-12,14-16,20H2,1-7H3,(H,33,34). The number of ether oxygens (including phenoxy) is 4. The van der Waals surface area contributed by atoms with Crippen LogP contribution in [0.4, 0.5) is 0 Å². The van der Waals surface area contributed by atoms with Crippen molar-refractivity contribution in [3.8, 4) is 23.0 Å². The van der Waals surface area contributed by atoms with Gasteiger partial charge in [-0.1, -0.05) is 19.9 Å². The quantitative estimate of drug-likeness (QED) is 0.342. The maximum absolute atomic E-state index is 12.2. The molecule has 7 nitrogen and oxygen atoms in total. The van der Waals surface area contributed by atoms with Crippen LogP contribution in [0.2, 0.25) is 0 Å². The molecule has 0 aromatic heterocycles. The molecule has 1 aliphatic carbocycles. The second-order valence-electron chi connectivity index (χ2n) is 10.8. The van der Waals surface area contributed by atoms with Gasteiger partial charge in [0.2, 0.25) is 0 Å². The van der Waals surface area contributed by atoms with Crippen molar-refractivity contribution in [2.75, 3.05) is 48.6 Å². The monoisotopic (exact) mass is 527 g/mol. The zero-order chi connectivity index (χ0) is 27.9. The fourth-order valence-corrected chi connectivity index (χ4v) is 6.32. The minimum atomic E-state index is -0.755. The summed E-state index contributed by atoms with van der Waals surface area (Å²) < 4.78 is 22.0. The Kier molecular flexibility index (Phi) is 10.3. The number of carboxylic acids is 1. The Hall–Kier alpha value is -2.93. The summed E-state index contributed by atoms with van der Waals surface area (Å²) in [5.74, 6) is 2.53. The van der Waals surface area contributed by atoms with Gasteiger partial charge < -0.3 is 29.0 Å². The number of methoxy groups -OCH3 is 4. The van der Waals surface area contributed by atoms with Crippen molar-refractivity contribution in [2.45, 2.75) is 57.8 Å². The normalized spacial score (nSPS) is 18.8. The highest BCUT2D eigenvalue weighted by Gasteiger charge is 2.48. The van der Waals surface area contributed by atoms with Gasteiger partial charge in [-0.2, -0.15) is 0 Å². The molecule has 2 atom stereocenters. The van der Waals surface area contributed by atoms with Gasteiger partial charge in [-0.3, -0.25) is 4.79 Å². The van der Waals surface area contributed by atoms with Crippen molar-refractivity contribution in [3.05, 3.63) is 47.0 Å². The number of carboxylic acid groups (broad SMARTS) is 1. The van der Waals surface area contributed by atoms with Crippen molar-refractivity contribution < 1.29 is 28.8 Å². The zero-order valence-corrected chi connectivity index (χ0v) is 24.1. The first-order chi connectivity index (χ1) is 18.2. The van der Waals surface area contributed by atoms with E-state index in [9.17, 15) is 9.90 Å². The molecule has 2 unspecified atom stereocenters. The summed E-state index contributed by atoms with van der Waals surface area (Å²) in [6.45, 7) is 6.22. The first kappa shape index (κ1) is 29.6. The van der Waals surface area contributed by atoms with E-state index in [2.05, 4.69) is 31.9 Å². The Balaban J connectivity index is 1.73. The van der Waals surface area contributed by atoms with Crippen LogP contribution in [0.3, 0.4) is 0 Å². The molecule has 0 radical (unpaired) electrons. The molecule has 0 spiro atoms. The van der Waals surface area contributed by atoms with Crippen LogP contribution in [-0.4, -0.2) is 64.6 Å². The molecule has 0 saturated heterocycles. The molecule has 0 bridgehead atoms. The van der Waals surface area contributed by atoms with E-state index in [0.29, 0.717) is 11.5 Å². The van der Waals surface area contributed by atoms with Gasteiger partial charge in [0, 0.05) is 5.41 Å². The van der Waals surface area contributed by atoms with Crippen LogP contribution in [0.5, 0.6) is 23.0 Å². The van der Waals surface area contributed by atoms with E-state index in [-0.39, 0.29) is 18.3 Å². The summed E-state index contributed by atoms with van der Waals surface area (Å²) in [4.78, 5) is 14.6. The fraction of sp³-hybridized carbons (Fsp3) is 0.581. The Morgan fingerprint density at radius 2 is 1.61 bits per heavy atom. The second kappa shape index (κ2) is 13.2. The first-order valence-electron chi connectivity index (χ1n) is 13.6. The lowest BCUT2D eigenvalue weighted by molar-refractivity contribution is -0.140. The predicted octanol–water partition coefficient (Wildman–Crippen LogP) is 5.61. The van der Waals surface area contributed by atoms with E-state index >= 15 is 0 Å². The Bertz CT molecular complexity index is 1080. The Labute approximate surface area is 228 Å². The molecule has 2 aromatic carbocycles. The number of aryl methyl sites for hydroxylation is 2. The third-order valence-electron chi connectivity index (χ3n) is 8.39. The summed E-state index contributed by atoms with van der Waals surface area (Å²) in [6, 6.07) is 10.2. The van der Waals surface area contributed by atoms with Crippen LogP contribution < -0.4 is 18.9 Å². The minimum absolute atomic E-state index is 0.112. The number of carbonyl (C=O) groups is 1. The van der Waals surface area contributed by atoms with Crippen LogP contribution >= 0.6 is 0 Å². The fourth-order valence-electron chi connectivity index (χ4n) is 6.32. The number of hydrogen-bond acceptors (Lipinski definition) is 6. The van der Waals surface area contributed by atoms with Crippen LogP contribution in [0, 0.1) is 11.8 Å². The highest BCUT2D eigenvalue weighted by molar-refractivity contribution is 5.70. The molecule has 1 N–H and O–H groups in total. The minimum Gasteiger partial charge on any atom is -0.493 e. The van der Waals surface area contributed by atoms with E-state index in [4.69, 9.17) is 18.9 Å². The lowest BCUT2D eigenvalue weighted by Gasteiger charge is -2.48. The third-order valence-corrected chi connectivity index (χ3v) is 8.39. The molecule has 3 rings (SSSR count). The lowest BCUT2D eigenvalue weighted by atomic mass is 9.55. The van der Waals surface area contributed by atoms with Crippen molar-refractivity contribution in [3.63, 3.8) is 0 Å². The molecule has 7 heteroatoms. The van der Waals surface area contributed by atoms with E-state index in [0.717, 1.165) is 62.3 Å². The lowest BCUT2D eigenvalue weighted by Crippen LogP contribution is -2.46. The third kappa shape index (κ3) is 6.37. The van der Waals surface area contributed by atoms with Crippen LogP contribution in [0.1, 0.15) is 56.2 Å². The molecule has 0 amide bonds. The maximum atomic E-state index is 12.2. The average Bonchev–Trinajstić information content (AvgIpc) is 2.91. The van der Waals surface area contributed by atoms with E-state index < -0.39 is 11.4 Å². The van der Waals surface area contributed by atoms with Crippen molar-refractivity contribution in [2.24, 2.45) is 11.8 Å². The number of rotatable bonds is 14. The van der Waals surface area contributed by atoms with Gasteiger partial charge in [-0.05, 0) is 105 Å².